The Kier molecular flexibility index (Phi) is 13.5. The summed E-state index contributed by atoms with van der Waals surface area (Å²) in [5, 5.41) is 10.6. The third kappa shape index (κ3) is 9.85. The van der Waals surface area contributed by atoms with Crippen molar-refractivity contribution in [2.45, 2.75) is 148 Å². The molecule has 278 valence electrons. The maximum Gasteiger partial charge on any atom is 0.315 e. The maximum absolute atomic E-state index is 14.6. The van der Waals surface area contributed by atoms with Crippen LogP contribution >= 0.6 is 0 Å². The van der Waals surface area contributed by atoms with Crippen molar-refractivity contribution in [2.75, 3.05) is 18.8 Å². The lowest BCUT2D eigenvalue weighted by molar-refractivity contribution is -0.151. The van der Waals surface area contributed by atoms with Crippen LogP contribution in [0.1, 0.15) is 119 Å². The van der Waals surface area contributed by atoms with E-state index in [1.807, 2.05) is 48.5 Å². The van der Waals surface area contributed by atoms with E-state index in [1.54, 1.807) is 0 Å². The number of rotatable bonds is 13. The number of urea groups is 1. The topological polar surface area (TPSA) is 171 Å². The Hall–Kier alpha value is -2.96. The number of likely N-dealkylation sites (tertiary alicyclic amines) is 1. The summed E-state index contributed by atoms with van der Waals surface area (Å²) in [6.45, 7) is 17.5. The molecule has 0 spiro atoms. The molecule has 3 aliphatic rings. The minimum absolute atomic E-state index is 0.00947. The first-order chi connectivity index (χ1) is 22.8. The normalized spacial score (nSPS) is 25.7. The molecule has 1 aliphatic carbocycles. The minimum atomic E-state index is -3.36. The van der Waals surface area contributed by atoms with Crippen molar-refractivity contribution < 1.29 is 32.4 Å². The van der Waals surface area contributed by atoms with Crippen molar-refractivity contribution in [3.05, 3.63) is 12.7 Å². The van der Waals surface area contributed by atoms with E-state index in [0.29, 0.717) is 38.5 Å². The van der Waals surface area contributed by atoms with Crippen LogP contribution in [0.5, 0.6) is 0 Å². The number of Topliss-reactive ketones (excluding diaryl/α,β-unsaturated/α-hetero) is 1. The van der Waals surface area contributed by atoms with Crippen molar-refractivity contribution in [3.8, 4) is 0 Å². The second-order valence-electron chi connectivity index (χ2n) is 16.3. The van der Waals surface area contributed by atoms with E-state index in [0.717, 1.165) is 25.7 Å². The second-order valence-corrected chi connectivity index (χ2v) is 18.6. The van der Waals surface area contributed by atoms with Crippen molar-refractivity contribution in [1.29, 1.82) is 0 Å². The number of carbonyl (C=O) groups is 5. The van der Waals surface area contributed by atoms with Crippen molar-refractivity contribution >= 4 is 39.4 Å². The fourth-order valence-electron chi connectivity index (χ4n) is 7.64. The number of carbonyl (C=O) groups excluding carboxylic acids is 5. The van der Waals surface area contributed by atoms with E-state index >= 15 is 0 Å². The number of hydrogen-bond donors (Lipinski definition) is 4. The van der Waals surface area contributed by atoms with Crippen LogP contribution in [0.25, 0.3) is 0 Å². The van der Waals surface area contributed by atoms with Crippen molar-refractivity contribution in [3.63, 3.8) is 0 Å². The maximum atomic E-state index is 14.6. The van der Waals surface area contributed by atoms with Crippen LogP contribution in [0, 0.1) is 16.7 Å². The molecule has 49 heavy (non-hydrogen) atoms. The predicted molar refractivity (Wildman–Crippen MR) is 190 cm³/mol. The molecule has 2 aliphatic heterocycles. The molecule has 0 aromatic rings. The van der Waals surface area contributed by atoms with Gasteiger partial charge in [-0.15, -0.1) is 6.58 Å². The Bertz CT molecular complexity index is 1350. The molecule has 1 saturated carbocycles. The van der Waals surface area contributed by atoms with Gasteiger partial charge in [0, 0.05) is 13.1 Å². The molecule has 5 amide bonds. The first kappa shape index (κ1) is 40.5. The largest absolute Gasteiger partial charge is 0.346 e. The molecule has 0 aromatic carbocycles. The first-order valence-electron chi connectivity index (χ1n) is 18.1. The molecule has 2 heterocycles. The van der Waals surface area contributed by atoms with Crippen LogP contribution in [-0.2, 0) is 29.0 Å². The summed E-state index contributed by atoms with van der Waals surface area (Å²) in [5.41, 5.74) is -1.99. The van der Waals surface area contributed by atoms with Crippen LogP contribution in [0.3, 0.4) is 0 Å². The van der Waals surface area contributed by atoms with Gasteiger partial charge in [-0.3, -0.25) is 19.2 Å². The molecule has 4 N–H and O–H groups in total. The van der Waals surface area contributed by atoms with Gasteiger partial charge in [0.2, 0.25) is 17.6 Å². The number of unbranched alkanes of at least 4 members (excludes halogenated alkanes) is 1. The average Bonchev–Trinajstić information content (AvgIpc) is 3.40. The second kappa shape index (κ2) is 16.4. The van der Waals surface area contributed by atoms with Crippen molar-refractivity contribution in [2.24, 2.45) is 16.7 Å². The van der Waals surface area contributed by atoms with Gasteiger partial charge in [-0.1, -0.05) is 86.6 Å². The highest BCUT2D eigenvalue weighted by Crippen LogP contribution is 2.41. The Morgan fingerprint density at radius 1 is 1.02 bits per heavy atom. The molecule has 12 nitrogen and oxygen atoms in total. The summed E-state index contributed by atoms with van der Waals surface area (Å²) in [7, 11) is -3.36. The summed E-state index contributed by atoms with van der Waals surface area (Å²) in [6.07, 6.45) is 8.18. The summed E-state index contributed by atoms with van der Waals surface area (Å²) < 4.78 is 26.1. The molecule has 0 radical (unpaired) electrons. The van der Waals surface area contributed by atoms with Gasteiger partial charge >= 0.3 is 6.03 Å². The highest BCUT2D eigenvalue weighted by Gasteiger charge is 2.51. The number of hydrogen-bond acceptors (Lipinski definition) is 7. The standard InChI is InChI=1S/C36H61N5O7S/c1-9-11-16-25(28(42)31(44)37-20-10-2)38-30(43)26-22-35(7,8)24(3)23-41(26)32(45)29(34(4,5)6)39-33(46)40-36(18-13-12-14-19-36)27-17-15-21-49(27,47)48/h10,24-27,29H,2,9,11-23H2,1,3-8H3,(H,37,44)(H,38,43)(H2,39,40,46)/t24?,25-,26?,27-,29+/m0/s1. The highest BCUT2D eigenvalue weighted by atomic mass is 32.2. The Balaban J connectivity index is 1.89. The molecule has 0 bridgehead atoms. The predicted octanol–water partition coefficient (Wildman–Crippen LogP) is 3.79. The van der Waals surface area contributed by atoms with Gasteiger partial charge in [-0.2, -0.15) is 0 Å². The molecule has 3 rings (SSSR count). The zero-order valence-corrected chi connectivity index (χ0v) is 31.6. The van der Waals surface area contributed by atoms with E-state index in [-0.39, 0.29) is 36.6 Å². The van der Waals surface area contributed by atoms with Gasteiger partial charge < -0.3 is 26.2 Å². The summed E-state index contributed by atoms with van der Waals surface area (Å²) >= 11 is 0. The van der Waals surface area contributed by atoms with Crippen LogP contribution < -0.4 is 21.3 Å². The van der Waals surface area contributed by atoms with Gasteiger partial charge in [0.15, 0.2) is 9.84 Å². The SMILES string of the molecule is C=CCNC(=O)C(=O)[C@H](CCCC)NC(=O)C1CC(C)(C)C(C)CN1C(=O)[C@@H](NC(=O)NC1([C@@H]2CCCS2(=O)=O)CCCCC1)C(C)(C)C. The van der Waals surface area contributed by atoms with Crippen LogP contribution in [0.2, 0.25) is 0 Å². The third-order valence-corrected chi connectivity index (χ3v) is 13.4. The van der Waals surface area contributed by atoms with E-state index < -0.39 is 73.7 Å². The fraction of sp³-hybridized carbons (Fsp3) is 0.806. The third-order valence-electron chi connectivity index (χ3n) is 11.0. The number of amides is 5. The number of sulfone groups is 1. The quantitative estimate of drug-likeness (QED) is 0.167. The molecule has 2 unspecified atom stereocenters. The molecule has 13 heteroatoms. The van der Waals surface area contributed by atoms with E-state index in [4.69, 9.17) is 0 Å². The number of nitrogens with one attached hydrogen (secondary N) is 4. The summed E-state index contributed by atoms with van der Waals surface area (Å²) in [6, 6.07) is -3.65. The minimum Gasteiger partial charge on any atom is -0.346 e. The smallest absolute Gasteiger partial charge is 0.315 e. The lowest BCUT2D eigenvalue weighted by Gasteiger charge is -2.49. The van der Waals surface area contributed by atoms with Crippen LogP contribution in [-0.4, -0.2) is 90.6 Å². The monoisotopic (exact) mass is 707 g/mol. The lowest BCUT2D eigenvalue weighted by atomic mass is 9.71. The van der Waals surface area contributed by atoms with Crippen LogP contribution in [0.4, 0.5) is 4.79 Å². The van der Waals surface area contributed by atoms with Gasteiger partial charge in [0.25, 0.3) is 5.91 Å². The van der Waals surface area contributed by atoms with Gasteiger partial charge in [-0.05, 0) is 55.3 Å². The summed E-state index contributed by atoms with van der Waals surface area (Å²) in [5.74, 6) is -2.40. The molecule has 5 atom stereocenters. The molecule has 0 aromatic heterocycles. The fourth-order valence-corrected chi connectivity index (χ4v) is 10.0. The number of nitrogens with zero attached hydrogens (tertiary/aromatic N) is 1. The molecular weight excluding hydrogens is 646 g/mol. The Morgan fingerprint density at radius 3 is 2.22 bits per heavy atom. The van der Waals surface area contributed by atoms with Crippen molar-refractivity contribution in [1.82, 2.24) is 26.2 Å². The molecule has 2 saturated heterocycles. The number of ketones is 1. The van der Waals surface area contributed by atoms with Crippen LogP contribution in [0.15, 0.2) is 12.7 Å². The first-order valence-corrected chi connectivity index (χ1v) is 19.8. The Labute approximate surface area is 293 Å². The van der Waals surface area contributed by atoms with E-state index in [2.05, 4.69) is 27.8 Å². The zero-order valence-electron chi connectivity index (χ0n) is 30.8. The van der Waals surface area contributed by atoms with Gasteiger partial charge in [-0.25, -0.2) is 13.2 Å². The highest BCUT2D eigenvalue weighted by molar-refractivity contribution is 7.92. The summed E-state index contributed by atoms with van der Waals surface area (Å²) in [4.78, 5) is 69.7. The number of piperidine rings is 1. The lowest BCUT2D eigenvalue weighted by Crippen LogP contribution is -2.67. The van der Waals surface area contributed by atoms with Gasteiger partial charge in [0.1, 0.15) is 12.1 Å². The zero-order chi connectivity index (χ0) is 36.8. The van der Waals surface area contributed by atoms with Gasteiger partial charge in [0.05, 0.1) is 22.6 Å². The molecule has 3 fully saturated rings. The van der Waals surface area contributed by atoms with E-state index in [1.165, 1.54) is 11.0 Å². The molecular formula is C36H61N5O7S. The average molecular weight is 708 g/mol. The Morgan fingerprint density at radius 2 is 1.67 bits per heavy atom. The van der Waals surface area contributed by atoms with E-state index in [9.17, 15) is 32.4 Å².